The van der Waals surface area contributed by atoms with Crippen LogP contribution in [0.3, 0.4) is 0 Å². The van der Waals surface area contributed by atoms with Crippen LogP contribution in [0.25, 0.3) is 44.5 Å². The Morgan fingerprint density at radius 3 is 1.38 bits per heavy atom. The highest BCUT2D eigenvalue weighted by atomic mass is 16.1. The zero-order valence-electron chi connectivity index (χ0n) is 18.5. The molecule has 0 saturated carbocycles. The molecule has 0 spiro atoms. The molecule has 2 nitrogen and oxygen atoms in total. The first-order valence-electron chi connectivity index (χ1n) is 11.2. The zero-order chi connectivity index (χ0) is 23.3. The molecule has 0 amide bonds. The number of carbonyl (C=O) groups is 2. The maximum absolute atomic E-state index is 11.7. The van der Waals surface area contributed by atoms with Gasteiger partial charge in [0.1, 0.15) is 12.6 Å². The van der Waals surface area contributed by atoms with Crippen molar-refractivity contribution in [2.24, 2.45) is 0 Å². The number of hydrogen-bond donors (Lipinski definition) is 0. The van der Waals surface area contributed by atoms with Gasteiger partial charge in [0, 0.05) is 11.1 Å². The predicted molar refractivity (Wildman–Crippen MR) is 139 cm³/mol. The summed E-state index contributed by atoms with van der Waals surface area (Å²) in [7, 11) is 0. The SMILES string of the molecule is O=Cc1ccc(-c2ccccc2-c2ccc(C=O)cc2-c2ccccc2-c2ccccc2)cc1. The van der Waals surface area contributed by atoms with E-state index in [9.17, 15) is 9.59 Å². The number of carbonyl (C=O) groups excluding carboxylic acids is 2. The van der Waals surface area contributed by atoms with Gasteiger partial charge in [-0.05, 0) is 50.6 Å². The molecule has 2 heteroatoms. The second-order valence-corrected chi connectivity index (χ2v) is 8.12. The molecule has 0 atom stereocenters. The first kappa shape index (κ1) is 21.3. The van der Waals surface area contributed by atoms with Crippen LogP contribution < -0.4 is 0 Å². The maximum atomic E-state index is 11.7. The van der Waals surface area contributed by atoms with Gasteiger partial charge in [-0.15, -0.1) is 0 Å². The Hall–Kier alpha value is -4.56. The molecule has 0 heterocycles. The Morgan fingerprint density at radius 2 is 0.794 bits per heavy atom. The summed E-state index contributed by atoms with van der Waals surface area (Å²) in [5.74, 6) is 0. The number of benzene rings is 5. The number of rotatable bonds is 6. The fraction of sp³-hybridized carbons (Fsp3) is 0. The van der Waals surface area contributed by atoms with Gasteiger partial charge in [0.2, 0.25) is 0 Å². The van der Waals surface area contributed by atoms with Crippen LogP contribution in [0, 0.1) is 0 Å². The molecule has 0 saturated heterocycles. The topological polar surface area (TPSA) is 34.1 Å². The van der Waals surface area contributed by atoms with Crippen LogP contribution in [0.1, 0.15) is 20.7 Å². The van der Waals surface area contributed by atoms with Gasteiger partial charge in [0.15, 0.2) is 0 Å². The molecule has 5 rings (SSSR count). The van der Waals surface area contributed by atoms with Crippen molar-refractivity contribution in [1.29, 1.82) is 0 Å². The molecule has 0 fully saturated rings. The van der Waals surface area contributed by atoms with Crippen molar-refractivity contribution in [3.8, 4) is 44.5 Å². The van der Waals surface area contributed by atoms with Gasteiger partial charge in [-0.3, -0.25) is 9.59 Å². The van der Waals surface area contributed by atoms with Gasteiger partial charge >= 0.3 is 0 Å². The van der Waals surface area contributed by atoms with E-state index in [4.69, 9.17) is 0 Å². The van der Waals surface area contributed by atoms with E-state index in [-0.39, 0.29) is 0 Å². The first-order chi connectivity index (χ1) is 16.8. The molecular weight excluding hydrogens is 416 g/mol. The minimum Gasteiger partial charge on any atom is -0.298 e. The fourth-order valence-corrected chi connectivity index (χ4v) is 4.39. The van der Waals surface area contributed by atoms with E-state index in [0.717, 1.165) is 57.1 Å². The van der Waals surface area contributed by atoms with E-state index in [1.165, 1.54) is 0 Å². The smallest absolute Gasteiger partial charge is 0.150 e. The van der Waals surface area contributed by atoms with E-state index in [1.807, 2.05) is 84.9 Å². The maximum Gasteiger partial charge on any atom is 0.150 e. The van der Waals surface area contributed by atoms with Crippen molar-refractivity contribution in [3.05, 3.63) is 132 Å². The van der Waals surface area contributed by atoms with Crippen molar-refractivity contribution >= 4 is 12.6 Å². The van der Waals surface area contributed by atoms with E-state index < -0.39 is 0 Å². The molecule has 0 aliphatic rings. The minimum atomic E-state index is 0.634. The highest BCUT2D eigenvalue weighted by molar-refractivity contribution is 5.97. The molecule has 0 bridgehead atoms. The van der Waals surface area contributed by atoms with Crippen LogP contribution in [0.4, 0.5) is 0 Å². The molecule has 0 N–H and O–H groups in total. The second-order valence-electron chi connectivity index (χ2n) is 8.12. The third-order valence-electron chi connectivity index (χ3n) is 6.06. The van der Waals surface area contributed by atoms with Crippen molar-refractivity contribution in [1.82, 2.24) is 0 Å². The normalized spacial score (nSPS) is 10.6. The molecule has 0 aromatic heterocycles. The lowest BCUT2D eigenvalue weighted by molar-refractivity contribution is 0.111. The second kappa shape index (κ2) is 9.51. The molecule has 0 aliphatic heterocycles. The van der Waals surface area contributed by atoms with Crippen LogP contribution in [-0.4, -0.2) is 12.6 Å². The summed E-state index contributed by atoms with van der Waals surface area (Å²) in [4.78, 5) is 22.8. The van der Waals surface area contributed by atoms with Crippen LogP contribution in [0.2, 0.25) is 0 Å². The van der Waals surface area contributed by atoms with E-state index in [2.05, 4.69) is 36.4 Å². The number of aldehydes is 2. The highest BCUT2D eigenvalue weighted by Gasteiger charge is 2.16. The Morgan fingerprint density at radius 1 is 0.353 bits per heavy atom. The van der Waals surface area contributed by atoms with Crippen molar-refractivity contribution in [3.63, 3.8) is 0 Å². The summed E-state index contributed by atoms with van der Waals surface area (Å²) >= 11 is 0. The van der Waals surface area contributed by atoms with Crippen LogP contribution >= 0.6 is 0 Å². The first-order valence-corrected chi connectivity index (χ1v) is 11.2. The average Bonchev–Trinajstić information content (AvgIpc) is 2.93. The Balaban J connectivity index is 1.75. The molecule has 5 aromatic rings. The summed E-state index contributed by atoms with van der Waals surface area (Å²) in [6.07, 6.45) is 1.74. The van der Waals surface area contributed by atoms with Crippen LogP contribution in [-0.2, 0) is 0 Å². The summed E-state index contributed by atoms with van der Waals surface area (Å²) < 4.78 is 0. The molecule has 0 unspecified atom stereocenters. The third kappa shape index (κ3) is 4.10. The van der Waals surface area contributed by atoms with Gasteiger partial charge in [0.25, 0.3) is 0 Å². The Labute approximate surface area is 199 Å². The van der Waals surface area contributed by atoms with Gasteiger partial charge in [0.05, 0.1) is 0 Å². The molecule has 0 radical (unpaired) electrons. The van der Waals surface area contributed by atoms with Crippen molar-refractivity contribution < 1.29 is 9.59 Å². The van der Waals surface area contributed by atoms with Gasteiger partial charge < -0.3 is 0 Å². The lowest BCUT2D eigenvalue weighted by atomic mass is 9.86. The van der Waals surface area contributed by atoms with Crippen molar-refractivity contribution in [2.45, 2.75) is 0 Å². The summed E-state index contributed by atoms with van der Waals surface area (Å²) in [5.41, 5.74) is 9.79. The minimum absolute atomic E-state index is 0.634. The monoisotopic (exact) mass is 438 g/mol. The van der Waals surface area contributed by atoms with Gasteiger partial charge in [-0.25, -0.2) is 0 Å². The Kier molecular flexibility index (Phi) is 5.96. The van der Waals surface area contributed by atoms with Gasteiger partial charge in [-0.1, -0.05) is 115 Å². The third-order valence-corrected chi connectivity index (χ3v) is 6.06. The molecular formula is C32H22O2. The molecule has 162 valence electrons. The van der Waals surface area contributed by atoms with E-state index in [1.54, 1.807) is 0 Å². The lowest BCUT2D eigenvalue weighted by Gasteiger charge is -2.18. The van der Waals surface area contributed by atoms with Crippen LogP contribution in [0.5, 0.6) is 0 Å². The Bertz CT molecular complexity index is 1470. The number of hydrogen-bond acceptors (Lipinski definition) is 2. The quantitative estimate of drug-likeness (QED) is 0.252. The van der Waals surface area contributed by atoms with Crippen molar-refractivity contribution in [2.75, 3.05) is 0 Å². The lowest BCUT2D eigenvalue weighted by Crippen LogP contribution is -1.93. The molecule has 5 aromatic carbocycles. The summed E-state index contributed by atoms with van der Waals surface area (Å²) in [6.45, 7) is 0. The van der Waals surface area contributed by atoms with Crippen LogP contribution in [0.15, 0.2) is 121 Å². The zero-order valence-corrected chi connectivity index (χ0v) is 18.5. The fourth-order valence-electron chi connectivity index (χ4n) is 4.39. The summed E-state index contributed by atoms with van der Waals surface area (Å²) in [5, 5.41) is 0. The molecule has 34 heavy (non-hydrogen) atoms. The van der Waals surface area contributed by atoms with Gasteiger partial charge in [-0.2, -0.15) is 0 Å². The average molecular weight is 439 g/mol. The largest absolute Gasteiger partial charge is 0.298 e. The standard InChI is InChI=1S/C32H22O2/c33-21-23-14-17-26(18-15-23)28-11-4-6-12-29(28)31-19-16-24(22-34)20-32(31)30-13-7-5-10-27(30)25-8-2-1-3-9-25/h1-22H. The van der Waals surface area contributed by atoms with E-state index >= 15 is 0 Å². The predicted octanol–water partition coefficient (Wildman–Crippen LogP) is 7.98. The summed E-state index contributed by atoms with van der Waals surface area (Å²) in [6, 6.07) is 40.3. The van der Waals surface area contributed by atoms with E-state index in [0.29, 0.717) is 11.1 Å². The molecule has 0 aliphatic carbocycles. The highest BCUT2D eigenvalue weighted by Crippen LogP contribution is 2.41.